The number of anilines is 1. The van der Waals surface area contributed by atoms with Gasteiger partial charge in [-0.15, -0.1) is 0 Å². The van der Waals surface area contributed by atoms with Gasteiger partial charge in [-0.2, -0.15) is 10.4 Å². The number of nitrogens with one attached hydrogen (secondary N) is 1. The van der Waals surface area contributed by atoms with Gasteiger partial charge in [-0.25, -0.2) is 4.68 Å². The Morgan fingerprint density at radius 2 is 2.12 bits per heavy atom. The Hall–Kier alpha value is -2.81. The van der Waals surface area contributed by atoms with Crippen LogP contribution in [-0.2, 0) is 17.8 Å². The minimum atomic E-state index is -0.541. The first-order valence-electron chi connectivity index (χ1n) is 7.97. The maximum atomic E-state index is 12.5. The molecule has 2 aromatic rings. The molecule has 1 atom stereocenters. The van der Waals surface area contributed by atoms with E-state index >= 15 is 0 Å². The number of aryl methyl sites for hydroxylation is 4. The van der Waals surface area contributed by atoms with Crippen LogP contribution in [0.5, 0.6) is 5.75 Å². The summed E-state index contributed by atoms with van der Waals surface area (Å²) in [5, 5.41) is 15.9. The third kappa shape index (κ3) is 3.11. The molecule has 1 aliphatic rings. The second-order valence-corrected chi connectivity index (χ2v) is 6.15. The molecule has 1 N–H and O–H groups in total. The minimum absolute atomic E-state index is 0.195. The number of benzene rings is 1. The summed E-state index contributed by atoms with van der Waals surface area (Å²) >= 11 is 0. The molecule has 6 nitrogen and oxygen atoms in total. The van der Waals surface area contributed by atoms with Gasteiger partial charge in [0.1, 0.15) is 11.6 Å². The van der Waals surface area contributed by atoms with Crippen LogP contribution in [0, 0.1) is 32.1 Å². The van der Waals surface area contributed by atoms with Gasteiger partial charge in [-0.1, -0.05) is 6.07 Å². The zero-order chi connectivity index (χ0) is 17.3. The van der Waals surface area contributed by atoms with Crippen molar-refractivity contribution in [1.29, 1.82) is 5.26 Å². The van der Waals surface area contributed by atoms with Gasteiger partial charge in [0, 0.05) is 12.5 Å². The zero-order valence-corrected chi connectivity index (χ0v) is 14.1. The first kappa shape index (κ1) is 16.1. The normalized spacial score (nSPS) is 15.5. The number of fused-ring (bicyclic) bond motifs is 1. The molecule has 0 saturated carbocycles. The van der Waals surface area contributed by atoms with Crippen molar-refractivity contribution in [2.75, 3.05) is 5.32 Å². The molecule has 0 fully saturated rings. The lowest BCUT2D eigenvalue weighted by atomic mass is 10.0. The molecule has 1 aromatic carbocycles. The third-order valence-corrected chi connectivity index (χ3v) is 4.23. The van der Waals surface area contributed by atoms with Crippen LogP contribution in [0.3, 0.4) is 0 Å². The Balaban J connectivity index is 1.72. The summed E-state index contributed by atoms with van der Waals surface area (Å²) in [5.74, 6) is 1.19. The van der Waals surface area contributed by atoms with Crippen molar-refractivity contribution < 1.29 is 9.53 Å². The van der Waals surface area contributed by atoms with Crippen LogP contribution in [0.1, 0.15) is 28.8 Å². The fourth-order valence-corrected chi connectivity index (χ4v) is 2.84. The summed E-state index contributed by atoms with van der Waals surface area (Å²) in [4.78, 5) is 12.5. The summed E-state index contributed by atoms with van der Waals surface area (Å²) in [6.45, 7) is 6.39. The maximum absolute atomic E-state index is 12.5. The van der Waals surface area contributed by atoms with Gasteiger partial charge >= 0.3 is 0 Å². The Morgan fingerprint density at radius 1 is 1.38 bits per heavy atom. The number of aromatic nitrogens is 2. The molecule has 1 aliphatic heterocycles. The van der Waals surface area contributed by atoms with E-state index < -0.39 is 6.10 Å². The molecule has 24 heavy (non-hydrogen) atoms. The van der Waals surface area contributed by atoms with Crippen LogP contribution in [-0.4, -0.2) is 21.8 Å². The molecular formula is C18H20N4O2. The van der Waals surface area contributed by atoms with Crippen molar-refractivity contribution in [2.45, 2.75) is 46.3 Å². The predicted molar refractivity (Wildman–Crippen MR) is 89.9 cm³/mol. The van der Waals surface area contributed by atoms with Gasteiger partial charge < -0.3 is 10.1 Å². The van der Waals surface area contributed by atoms with Gasteiger partial charge in [-0.3, -0.25) is 4.79 Å². The molecular weight excluding hydrogens is 304 g/mol. The summed E-state index contributed by atoms with van der Waals surface area (Å²) in [5.41, 5.74) is 4.21. The largest absolute Gasteiger partial charge is 0.480 e. The first-order valence-corrected chi connectivity index (χ1v) is 7.97. The topological polar surface area (TPSA) is 79.9 Å². The molecule has 1 unspecified atom stereocenters. The molecule has 124 valence electrons. The van der Waals surface area contributed by atoms with E-state index in [-0.39, 0.29) is 5.91 Å². The Kier molecular flexibility index (Phi) is 4.26. The van der Waals surface area contributed by atoms with E-state index in [2.05, 4.69) is 29.5 Å². The fourth-order valence-electron chi connectivity index (χ4n) is 2.84. The van der Waals surface area contributed by atoms with Crippen LogP contribution in [0.4, 0.5) is 5.82 Å². The number of hydrogen-bond acceptors (Lipinski definition) is 4. The summed E-state index contributed by atoms with van der Waals surface area (Å²) in [6.07, 6.45) is 0.363. The van der Waals surface area contributed by atoms with Gasteiger partial charge in [0.15, 0.2) is 6.10 Å². The lowest BCUT2D eigenvalue weighted by molar-refractivity contribution is -0.122. The van der Waals surface area contributed by atoms with Crippen molar-refractivity contribution in [3.05, 3.63) is 40.6 Å². The van der Waals surface area contributed by atoms with Gasteiger partial charge in [0.2, 0.25) is 0 Å². The molecule has 0 radical (unpaired) electrons. The molecule has 0 aliphatic carbocycles. The first-order chi connectivity index (χ1) is 11.5. The van der Waals surface area contributed by atoms with Gasteiger partial charge in [0.05, 0.1) is 24.7 Å². The highest BCUT2D eigenvalue weighted by Gasteiger charge is 2.30. The van der Waals surface area contributed by atoms with E-state index in [0.29, 0.717) is 25.2 Å². The van der Waals surface area contributed by atoms with Crippen molar-refractivity contribution in [2.24, 2.45) is 0 Å². The van der Waals surface area contributed by atoms with E-state index in [4.69, 9.17) is 10.00 Å². The number of hydrogen-bond donors (Lipinski definition) is 1. The summed E-state index contributed by atoms with van der Waals surface area (Å²) < 4.78 is 7.46. The molecule has 6 heteroatoms. The number of amides is 1. The predicted octanol–water partition coefficient (Wildman–Crippen LogP) is 2.66. The summed E-state index contributed by atoms with van der Waals surface area (Å²) in [6, 6.07) is 7.95. The van der Waals surface area contributed by atoms with Crippen molar-refractivity contribution >= 4 is 11.7 Å². The number of rotatable bonds is 4. The van der Waals surface area contributed by atoms with Crippen LogP contribution in [0.25, 0.3) is 0 Å². The second kappa shape index (κ2) is 6.36. The van der Waals surface area contributed by atoms with Crippen molar-refractivity contribution in [3.63, 3.8) is 0 Å². The number of carbonyl (C=O) groups excluding carboxylic acids is 1. The standard InChI is InChI=1S/C18H20N4O2/c1-11-7-14-10-16(24-15(14)8-12(11)2)18(23)20-17-9-13(3)21-22(17)6-4-5-19/h7-9,16H,4,6,10H2,1-3H3,(H,20,23). The van der Waals surface area contributed by atoms with Gasteiger partial charge in [-0.05, 0) is 43.5 Å². The monoisotopic (exact) mass is 324 g/mol. The lowest BCUT2D eigenvalue weighted by Crippen LogP contribution is -2.32. The Morgan fingerprint density at radius 3 is 2.88 bits per heavy atom. The number of nitriles is 1. The van der Waals surface area contributed by atoms with Crippen molar-refractivity contribution in [3.8, 4) is 11.8 Å². The highest BCUT2D eigenvalue weighted by molar-refractivity contribution is 5.94. The number of carbonyl (C=O) groups is 1. The quantitative estimate of drug-likeness (QED) is 0.937. The average molecular weight is 324 g/mol. The van der Waals surface area contributed by atoms with Crippen LogP contribution in [0.2, 0.25) is 0 Å². The molecule has 0 bridgehead atoms. The zero-order valence-electron chi connectivity index (χ0n) is 14.1. The van der Waals surface area contributed by atoms with Crippen LogP contribution < -0.4 is 10.1 Å². The average Bonchev–Trinajstić information content (AvgIpc) is 3.09. The Labute approximate surface area is 141 Å². The molecule has 2 heterocycles. The lowest BCUT2D eigenvalue weighted by Gasteiger charge is -2.12. The molecule has 1 amide bonds. The Bertz CT molecular complexity index is 801. The molecule has 3 rings (SSSR count). The van der Waals surface area contributed by atoms with Crippen LogP contribution >= 0.6 is 0 Å². The van der Waals surface area contributed by atoms with E-state index in [1.165, 1.54) is 5.56 Å². The minimum Gasteiger partial charge on any atom is -0.480 e. The maximum Gasteiger partial charge on any atom is 0.266 e. The van der Waals surface area contributed by atoms with Crippen molar-refractivity contribution in [1.82, 2.24) is 9.78 Å². The molecule has 1 aromatic heterocycles. The van der Waals surface area contributed by atoms with E-state index in [0.717, 1.165) is 22.6 Å². The highest BCUT2D eigenvalue weighted by Crippen LogP contribution is 2.31. The number of nitrogens with zero attached hydrogens (tertiary/aromatic N) is 3. The number of ether oxygens (including phenoxy) is 1. The molecule has 0 spiro atoms. The molecule has 0 saturated heterocycles. The second-order valence-electron chi connectivity index (χ2n) is 6.15. The SMILES string of the molecule is Cc1cc(NC(=O)C2Cc3cc(C)c(C)cc3O2)n(CCC#N)n1. The van der Waals surface area contributed by atoms with E-state index in [9.17, 15) is 4.79 Å². The van der Waals surface area contributed by atoms with Crippen LogP contribution in [0.15, 0.2) is 18.2 Å². The van der Waals surface area contributed by atoms with E-state index in [1.807, 2.05) is 19.9 Å². The highest BCUT2D eigenvalue weighted by atomic mass is 16.5. The summed E-state index contributed by atoms with van der Waals surface area (Å²) in [7, 11) is 0. The smallest absolute Gasteiger partial charge is 0.266 e. The van der Waals surface area contributed by atoms with Gasteiger partial charge in [0.25, 0.3) is 5.91 Å². The fraction of sp³-hybridized carbons (Fsp3) is 0.389. The van der Waals surface area contributed by atoms with E-state index in [1.54, 1.807) is 10.7 Å². The third-order valence-electron chi connectivity index (χ3n) is 4.23.